The van der Waals surface area contributed by atoms with Gasteiger partial charge < -0.3 is 14.6 Å². The lowest BCUT2D eigenvalue weighted by molar-refractivity contribution is -0.183. The van der Waals surface area contributed by atoms with Gasteiger partial charge in [-0.05, 0) is 50.5 Å². The van der Waals surface area contributed by atoms with Crippen molar-refractivity contribution in [3.8, 4) is 0 Å². The molecule has 3 fully saturated rings. The number of halogens is 5. The van der Waals surface area contributed by atoms with Crippen LogP contribution in [0.4, 0.5) is 22.0 Å². The second-order valence-electron chi connectivity index (χ2n) is 10.6. The lowest BCUT2D eigenvalue weighted by Crippen LogP contribution is -2.55. The third-order valence-electron chi connectivity index (χ3n) is 8.00. The highest BCUT2D eigenvalue weighted by Crippen LogP contribution is 2.43. The summed E-state index contributed by atoms with van der Waals surface area (Å²) in [6.07, 6.45) is 0.649. The molecule has 2 aliphatic carbocycles. The minimum absolute atomic E-state index is 0.0413. The highest BCUT2D eigenvalue weighted by Gasteiger charge is 2.49. The smallest absolute Gasteiger partial charge is 0.386 e. The van der Waals surface area contributed by atoms with Crippen molar-refractivity contribution >= 4 is 11.8 Å². The standard InChI is InChI=1S/C25H36F5N3O3S/c1-16(24(34,13-33-15-31-14-32-33)21-8-7-19(26)10-22(21)27)37-20-11-35-23(36-12-20)9-4-17-2-5-18(6-3-17)25(28,29)30/h4,9,14-23,34H,2-3,5-8,10-13H2,1H3/b9-4+. The van der Waals surface area contributed by atoms with Crippen LogP contribution in [0.15, 0.2) is 24.8 Å². The van der Waals surface area contributed by atoms with Crippen molar-refractivity contribution in [2.45, 2.75) is 99.3 Å². The number of hydrogen-bond acceptors (Lipinski definition) is 6. The molecule has 1 N–H and O–H groups in total. The first-order valence-corrected chi connectivity index (χ1v) is 14.0. The number of hydrogen-bond donors (Lipinski definition) is 1. The van der Waals surface area contributed by atoms with Crippen LogP contribution >= 0.6 is 11.8 Å². The molecule has 4 rings (SSSR count). The van der Waals surface area contributed by atoms with E-state index in [2.05, 4.69) is 10.1 Å². The summed E-state index contributed by atoms with van der Waals surface area (Å²) in [6, 6.07) is 0. The second kappa shape index (κ2) is 12.3. The number of ether oxygens (including phenoxy) is 2. The van der Waals surface area contributed by atoms with E-state index < -0.39 is 47.5 Å². The number of allylic oxidation sites excluding steroid dienone is 1. The minimum atomic E-state index is -4.12. The number of alkyl halides is 5. The lowest BCUT2D eigenvalue weighted by Gasteiger charge is -2.45. The Balaban J connectivity index is 1.29. The largest absolute Gasteiger partial charge is 0.391 e. The number of rotatable bonds is 8. The molecule has 3 aliphatic rings. The molecule has 12 heteroatoms. The van der Waals surface area contributed by atoms with E-state index in [1.54, 1.807) is 6.08 Å². The average molecular weight is 554 g/mol. The summed E-state index contributed by atoms with van der Waals surface area (Å²) in [7, 11) is 0. The molecule has 2 saturated carbocycles. The molecular weight excluding hydrogens is 517 g/mol. The fourth-order valence-corrected chi connectivity index (χ4v) is 7.11. The minimum Gasteiger partial charge on any atom is -0.386 e. The Morgan fingerprint density at radius 2 is 1.78 bits per heavy atom. The van der Waals surface area contributed by atoms with Gasteiger partial charge in [-0.2, -0.15) is 18.3 Å². The Morgan fingerprint density at radius 1 is 1.08 bits per heavy atom. The van der Waals surface area contributed by atoms with Gasteiger partial charge in [-0.25, -0.2) is 13.8 Å². The molecule has 0 spiro atoms. The molecule has 1 saturated heterocycles. The Hall–Kier alpha value is -1.24. The van der Waals surface area contributed by atoms with Crippen molar-refractivity contribution in [2.24, 2.45) is 17.8 Å². The highest BCUT2D eigenvalue weighted by molar-refractivity contribution is 8.00. The first kappa shape index (κ1) is 28.8. The first-order chi connectivity index (χ1) is 17.5. The van der Waals surface area contributed by atoms with Crippen LogP contribution in [-0.2, 0) is 16.0 Å². The zero-order valence-corrected chi connectivity index (χ0v) is 21.7. The van der Waals surface area contributed by atoms with Gasteiger partial charge in [0.15, 0.2) is 6.29 Å². The van der Waals surface area contributed by atoms with Gasteiger partial charge in [-0.1, -0.05) is 13.0 Å². The molecule has 5 unspecified atom stereocenters. The summed E-state index contributed by atoms with van der Waals surface area (Å²) < 4.78 is 80.4. The van der Waals surface area contributed by atoms with Crippen molar-refractivity contribution in [3.63, 3.8) is 0 Å². The maximum Gasteiger partial charge on any atom is 0.391 e. The summed E-state index contributed by atoms with van der Waals surface area (Å²) in [5.74, 6) is -1.86. The van der Waals surface area contributed by atoms with Crippen LogP contribution in [0.25, 0.3) is 0 Å². The molecule has 210 valence electrons. The summed E-state index contributed by atoms with van der Waals surface area (Å²) in [5.41, 5.74) is -1.48. The molecule has 37 heavy (non-hydrogen) atoms. The molecule has 5 atom stereocenters. The van der Waals surface area contributed by atoms with Gasteiger partial charge in [0.2, 0.25) is 0 Å². The van der Waals surface area contributed by atoms with Crippen molar-refractivity contribution < 1.29 is 36.5 Å². The molecule has 0 amide bonds. The predicted molar refractivity (Wildman–Crippen MR) is 129 cm³/mol. The van der Waals surface area contributed by atoms with Crippen molar-refractivity contribution in [1.82, 2.24) is 14.8 Å². The van der Waals surface area contributed by atoms with Crippen molar-refractivity contribution in [1.29, 1.82) is 0 Å². The van der Waals surface area contributed by atoms with Crippen LogP contribution in [-0.4, -0.2) is 74.0 Å². The molecule has 2 heterocycles. The van der Waals surface area contributed by atoms with Gasteiger partial charge in [-0.3, -0.25) is 4.68 Å². The van der Waals surface area contributed by atoms with Gasteiger partial charge in [-0.15, -0.1) is 11.8 Å². The molecule has 1 aliphatic heterocycles. The van der Waals surface area contributed by atoms with Crippen molar-refractivity contribution in [2.75, 3.05) is 13.2 Å². The van der Waals surface area contributed by atoms with Crippen LogP contribution < -0.4 is 0 Å². The Kier molecular flexibility index (Phi) is 9.56. The quantitative estimate of drug-likeness (QED) is 0.349. The third kappa shape index (κ3) is 7.45. The van der Waals surface area contributed by atoms with Crippen LogP contribution in [0.2, 0.25) is 0 Å². The van der Waals surface area contributed by atoms with E-state index in [1.165, 1.54) is 29.1 Å². The molecule has 0 radical (unpaired) electrons. The summed E-state index contributed by atoms with van der Waals surface area (Å²) in [6.45, 7) is 2.57. The number of aliphatic hydroxyl groups is 1. The number of thioether (sulfide) groups is 1. The van der Waals surface area contributed by atoms with Gasteiger partial charge in [0.25, 0.3) is 0 Å². The summed E-state index contributed by atoms with van der Waals surface area (Å²) >= 11 is 1.44. The Bertz CT molecular complexity index is 860. The SMILES string of the molecule is CC(SC1COC(/C=C/C2CCC(C(F)(F)F)CC2)OC1)C(O)(Cn1cncn1)C1CCC(F)CC1F. The summed E-state index contributed by atoms with van der Waals surface area (Å²) in [5, 5.41) is 15.3. The fourth-order valence-electron chi connectivity index (χ4n) is 5.74. The fraction of sp³-hybridized carbons (Fsp3) is 0.840. The van der Waals surface area contributed by atoms with Gasteiger partial charge >= 0.3 is 6.18 Å². The molecule has 1 aromatic heterocycles. The normalized spacial score (nSPS) is 36.4. The van der Waals surface area contributed by atoms with E-state index in [4.69, 9.17) is 9.47 Å². The van der Waals surface area contributed by atoms with E-state index in [-0.39, 0.29) is 49.8 Å². The topological polar surface area (TPSA) is 69.4 Å². The summed E-state index contributed by atoms with van der Waals surface area (Å²) in [4.78, 5) is 3.92. The molecule has 0 bridgehead atoms. The third-order valence-corrected chi connectivity index (χ3v) is 9.47. The number of aromatic nitrogens is 3. The van der Waals surface area contributed by atoms with Gasteiger partial charge in [0.1, 0.15) is 30.6 Å². The van der Waals surface area contributed by atoms with E-state index in [9.17, 15) is 27.1 Å². The van der Waals surface area contributed by atoms with Crippen LogP contribution in [0.1, 0.15) is 51.9 Å². The van der Waals surface area contributed by atoms with E-state index >= 15 is 0 Å². The maximum absolute atomic E-state index is 15.0. The lowest BCUT2D eigenvalue weighted by atomic mass is 9.73. The van der Waals surface area contributed by atoms with Crippen molar-refractivity contribution in [3.05, 3.63) is 24.8 Å². The van der Waals surface area contributed by atoms with Crippen LogP contribution in [0.5, 0.6) is 0 Å². The molecule has 1 aromatic rings. The van der Waals surface area contributed by atoms with E-state index in [0.717, 1.165) is 0 Å². The van der Waals surface area contributed by atoms with E-state index in [0.29, 0.717) is 26.1 Å². The Labute approximate surface area is 218 Å². The average Bonchev–Trinajstić information content (AvgIpc) is 3.36. The van der Waals surface area contributed by atoms with Gasteiger partial charge in [0, 0.05) is 17.6 Å². The highest BCUT2D eigenvalue weighted by atomic mass is 32.2. The van der Waals surface area contributed by atoms with Crippen LogP contribution in [0.3, 0.4) is 0 Å². The molecule has 6 nitrogen and oxygen atoms in total. The Morgan fingerprint density at radius 3 is 2.38 bits per heavy atom. The predicted octanol–water partition coefficient (Wildman–Crippen LogP) is 5.27. The number of nitrogens with zero attached hydrogens (tertiary/aromatic N) is 3. The van der Waals surface area contributed by atoms with Crippen LogP contribution in [0, 0.1) is 17.8 Å². The zero-order valence-electron chi connectivity index (χ0n) is 20.9. The van der Waals surface area contributed by atoms with Gasteiger partial charge in [0.05, 0.1) is 30.9 Å². The molecular formula is C25H36F5N3O3S. The maximum atomic E-state index is 15.0. The zero-order chi connectivity index (χ0) is 26.6. The van der Waals surface area contributed by atoms with E-state index in [1.807, 2.05) is 13.0 Å². The molecule has 0 aromatic carbocycles. The first-order valence-electron chi connectivity index (χ1n) is 13.0. The second-order valence-corrected chi connectivity index (χ2v) is 12.2. The monoisotopic (exact) mass is 553 g/mol.